The van der Waals surface area contributed by atoms with Crippen LogP contribution in [0.25, 0.3) is 0 Å². The minimum absolute atomic E-state index is 0.0646. The molecule has 0 unspecified atom stereocenters. The Bertz CT molecular complexity index is 861. The number of aryl methyl sites for hydroxylation is 1. The highest BCUT2D eigenvalue weighted by Crippen LogP contribution is 2.22. The highest BCUT2D eigenvalue weighted by atomic mass is 16.5. The zero-order valence-electron chi connectivity index (χ0n) is 15.4. The number of anilines is 1. The molecule has 0 radical (unpaired) electrons. The number of ether oxygens (including phenoxy) is 1. The maximum Gasteiger partial charge on any atom is 0.220 e. The second-order valence-electron chi connectivity index (χ2n) is 6.29. The largest absolute Gasteiger partial charge is 0.457 e. The van der Waals surface area contributed by atoms with Crippen LogP contribution in [0.3, 0.4) is 0 Å². The number of hydrogen-bond donors (Lipinski definition) is 2. The van der Waals surface area contributed by atoms with Crippen LogP contribution >= 0.6 is 0 Å². The highest BCUT2D eigenvalue weighted by Gasteiger charge is 2.02. The number of carbonyl (C=O) groups excluding carboxylic acids is 1. The van der Waals surface area contributed by atoms with E-state index >= 15 is 0 Å². The normalized spacial score (nSPS) is 10.3. The van der Waals surface area contributed by atoms with Crippen molar-refractivity contribution in [3.8, 4) is 11.5 Å². The summed E-state index contributed by atoms with van der Waals surface area (Å²) >= 11 is 0. The monoisotopic (exact) mass is 360 g/mol. The predicted octanol–water partition coefficient (Wildman–Crippen LogP) is 4.77. The molecule has 3 aromatic rings. The molecule has 4 heteroatoms. The van der Waals surface area contributed by atoms with Crippen LogP contribution in [0.5, 0.6) is 11.5 Å². The summed E-state index contributed by atoms with van der Waals surface area (Å²) < 4.78 is 5.88. The van der Waals surface area contributed by atoms with Crippen LogP contribution < -0.4 is 15.4 Å². The fourth-order valence-electron chi connectivity index (χ4n) is 2.72. The zero-order valence-corrected chi connectivity index (χ0v) is 15.4. The molecular weight excluding hydrogens is 336 g/mol. The first-order valence-corrected chi connectivity index (χ1v) is 9.08. The standard InChI is InChI=1S/C23H24N2O2/c1-24-23(26)15-12-18-10-13-20(14-11-18)25-17-19-6-5-9-22(16-19)27-21-7-3-2-4-8-21/h2-11,13-14,16,25H,12,15,17H2,1H3,(H,24,26). The topological polar surface area (TPSA) is 50.4 Å². The zero-order chi connectivity index (χ0) is 18.9. The average Bonchev–Trinajstić information content (AvgIpc) is 2.72. The Labute approximate surface area is 160 Å². The smallest absolute Gasteiger partial charge is 0.220 e. The third-order valence-electron chi connectivity index (χ3n) is 4.25. The molecule has 1 amide bonds. The van der Waals surface area contributed by atoms with E-state index in [1.807, 2.05) is 60.7 Å². The third kappa shape index (κ3) is 5.89. The summed E-state index contributed by atoms with van der Waals surface area (Å²) in [7, 11) is 1.66. The van der Waals surface area contributed by atoms with Crippen LogP contribution in [0.1, 0.15) is 17.5 Å². The summed E-state index contributed by atoms with van der Waals surface area (Å²) in [4.78, 5) is 11.3. The summed E-state index contributed by atoms with van der Waals surface area (Å²) in [5, 5.41) is 6.06. The van der Waals surface area contributed by atoms with Gasteiger partial charge in [-0.25, -0.2) is 0 Å². The van der Waals surface area contributed by atoms with Crippen molar-refractivity contribution in [2.45, 2.75) is 19.4 Å². The highest BCUT2D eigenvalue weighted by molar-refractivity contribution is 5.75. The Balaban J connectivity index is 1.54. The Morgan fingerprint density at radius 1 is 0.852 bits per heavy atom. The molecule has 0 aromatic heterocycles. The molecule has 0 aliphatic heterocycles. The molecule has 0 aliphatic carbocycles. The van der Waals surface area contributed by atoms with Crippen LogP contribution in [0, 0.1) is 0 Å². The number of nitrogens with one attached hydrogen (secondary N) is 2. The number of benzene rings is 3. The van der Waals surface area contributed by atoms with Crippen molar-refractivity contribution in [2.75, 3.05) is 12.4 Å². The Morgan fingerprint density at radius 2 is 1.59 bits per heavy atom. The summed E-state index contributed by atoms with van der Waals surface area (Å²) in [5.41, 5.74) is 3.35. The molecule has 0 fully saturated rings. The molecule has 0 aliphatic rings. The predicted molar refractivity (Wildman–Crippen MR) is 109 cm³/mol. The maximum absolute atomic E-state index is 11.3. The lowest BCUT2D eigenvalue weighted by Gasteiger charge is -2.10. The molecule has 4 nitrogen and oxygen atoms in total. The van der Waals surface area contributed by atoms with Crippen molar-refractivity contribution in [3.63, 3.8) is 0 Å². The van der Waals surface area contributed by atoms with Gasteiger partial charge in [0.15, 0.2) is 0 Å². The van der Waals surface area contributed by atoms with Crippen LogP contribution in [0.4, 0.5) is 5.69 Å². The van der Waals surface area contributed by atoms with E-state index in [2.05, 4.69) is 28.8 Å². The lowest BCUT2D eigenvalue weighted by Crippen LogP contribution is -2.17. The van der Waals surface area contributed by atoms with Gasteiger partial charge in [-0.05, 0) is 53.9 Å². The van der Waals surface area contributed by atoms with E-state index in [1.165, 1.54) is 0 Å². The van der Waals surface area contributed by atoms with Crippen molar-refractivity contribution in [3.05, 3.63) is 90.0 Å². The SMILES string of the molecule is CNC(=O)CCc1ccc(NCc2cccc(Oc3ccccc3)c2)cc1. The van der Waals surface area contributed by atoms with E-state index < -0.39 is 0 Å². The maximum atomic E-state index is 11.3. The quantitative estimate of drug-likeness (QED) is 0.608. The van der Waals surface area contributed by atoms with E-state index in [0.717, 1.165) is 34.7 Å². The van der Waals surface area contributed by atoms with Gasteiger partial charge >= 0.3 is 0 Å². The second kappa shape index (κ2) is 9.43. The fraction of sp³-hybridized carbons (Fsp3) is 0.174. The van der Waals surface area contributed by atoms with Gasteiger partial charge in [0.05, 0.1) is 0 Å². The van der Waals surface area contributed by atoms with E-state index in [-0.39, 0.29) is 5.91 Å². The number of carbonyl (C=O) groups is 1. The number of rotatable bonds is 8. The second-order valence-corrected chi connectivity index (χ2v) is 6.29. The van der Waals surface area contributed by atoms with Crippen molar-refractivity contribution >= 4 is 11.6 Å². The Morgan fingerprint density at radius 3 is 2.33 bits per heavy atom. The van der Waals surface area contributed by atoms with E-state index in [9.17, 15) is 4.79 Å². The van der Waals surface area contributed by atoms with Crippen LogP contribution in [-0.2, 0) is 17.8 Å². The van der Waals surface area contributed by atoms with Gasteiger partial charge in [0.1, 0.15) is 11.5 Å². The molecule has 0 saturated heterocycles. The first kappa shape index (κ1) is 18.5. The molecule has 2 N–H and O–H groups in total. The van der Waals surface area contributed by atoms with Gasteiger partial charge < -0.3 is 15.4 Å². The molecule has 0 saturated carbocycles. The van der Waals surface area contributed by atoms with Crippen molar-refractivity contribution in [1.29, 1.82) is 0 Å². The summed E-state index contributed by atoms with van der Waals surface area (Å²) in [5.74, 6) is 1.72. The van der Waals surface area contributed by atoms with Gasteiger partial charge in [0, 0.05) is 25.7 Å². The summed E-state index contributed by atoms with van der Waals surface area (Å²) in [6.45, 7) is 0.712. The molecule has 0 spiro atoms. The molecule has 3 aromatic carbocycles. The molecular formula is C23H24N2O2. The Kier molecular flexibility index (Phi) is 6.47. The van der Waals surface area contributed by atoms with Crippen molar-refractivity contribution in [2.24, 2.45) is 0 Å². The van der Waals surface area contributed by atoms with E-state index in [1.54, 1.807) is 7.05 Å². The molecule has 138 valence electrons. The van der Waals surface area contributed by atoms with Crippen LogP contribution in [0.2, 0.25) is 0 Å². The minimum Gasteiger partial charge on any atom is -0.457 e. The Hall–Kier alpha value is -3.27. The van der Waals surface area contributed by atoms with Gasteiger partial charge in [-0.3, -0.25) is 4.79 Å². The lowest BCUT2D eigenvalue weighted by molar-refractivity contribution is -0.120. The van der Waals surface area contributed by atoms with E-state index in [0.29, 0.717) is 13.0 Å². The number of amides is 1. The van der Waals surface area contributed by atoms with Gasteiger partial charge in [0.25, 0.3) is 0 Å². The number of hydrogen-bond acceptors (Lipinski definition) is 3. The molecule has 0 heterocycles. The van der Waals surface area contributed by atoms with Crippen LogP contribution in [0.15, 0.2) is 78.9 Å². The average molecular weight is 360 g/mol. The third-order valence-corrected chi connectivity index (χ3v) is 4.25. The minimum atomic E-state index is 0.0646. The van der Waals surface area contributed by atoms with Crippen molar-refractivity contribution in [1.82, 2.24) is 5.32 Å². The first-order valence-electron chi connectivity index (χ1n) is 9.08. The van der Waals surface area contributed by atoms with Gasteiger partial charge in [-0.2, -0.15) is 0 Å². The first-order chi connectivity index (χ1) is 13.2. The van der Waals surface area contributed by atoms with Crippen molar-refractivity contribution < 1.29 is 9.53 Å². The van der Waals surface area contributed by atoms with Gasteiger partial charge in [-0.1, -0.05) is 42.5 Å². The summed E-state index contributed by atoms with van der Waals surface area (Å²) in [6, 6.07) is 26.0. The molecule has 27 heavy (non-hydrogen) atoms. The lowest BCUT2D eigenvalue weighted by atomic mass is 10.1. The van der Waals surface area contributed by atoms with Crippen LogP contribution in [-0.4, -0.2) is 13.0 Å². The van der Waals surface area contributed by atoms with E-state index in [4.69, 9.17) is 4.74 Å². The fourth-order valence-corrected chi connectivity index (χ4v) is 2.72. The summed E-state index contributed by atoms with van der Waals surface area (Å²) in [6.07, 6.45) is 1.26. The molecule has 0 bridgehead atoms. The van der Waals surface area contributed by atoms with Gasteiger partial charge in [0.2, 0.25) is 5.91 Å². The molecule has 3 rings (SSSR count). The molecule has 0 atom stereocenters. The number of para-hydroxylation sites is 1. The van der Waals surface area contributed by atoms with Gasteiger partial charge in [-0.15, -0.1) is 0 Å².